The molecule has 1 aromatic heterocycles. The molecule has 11 heteroatoms. The van der Waals surface area contributed by atoms with Crippen molar-refractivity contribution in [3.8, 4) is 0 Å². The Labute approximate surface area is 179 Å². The molecule has 3 rings (SSSR count). The zero-order valence-electron chi connectivity index (χ0n) is 15.6. The Balaban J connectivity index is 1.61. The standard InChI is InChI=1S/C18H20Cl2N4O4S/c1-12(23-29(26,27)14-3-4-15(19)16(20)10-14)18(25)22-13-2-5-17(21-11-13)24-6-8-28-9-7-24/h2-5,10-12,23H,6-9H2,1H3,(H,22,25). The van der Waals surface area contributed by atoms with E-state index >= 15 is 0 Å². The van der Waals surface area contributed by atoms with Gasteiger partial charge in [-0.05, 0) is 37.3 Å². The third-order valence-corrected chi connectivity index (χ3v) is 6.55. The lowest BCUT2D eigenvalue weighted by Crippen LogP contribution is -2.41. The zero-order chi connectivity index (χ0) is 21.0. The fourth-order valence-electron chi connectivity index (χ4n) is 2.69. The summed E-state index contributed by atoms with van der Waals surface area (Å²) >= 11 is 11.7. The van der Waals surface area contributed by atoms with Gasteiger partial charge < -0.3 is 15.0 Å². The Morgan fingerprint density at radius 3 is 2.52 bits per heavy atom. The number of carbonyl (C=O) groups is 1. The molecule has 8 nitrogen and oxygen atoms in total. The summed E-state index contributed by atoms with van der Waals surface area (Å²) in [7, 11) is -3.95. The molecule has 2 heterocycles. The van der Waals surface area contributed by atoms with Crippen LogP contribution in [0.1, 0.15) is 6.92 Å². The van der Waals surface area contributed by atoms with Gasteiger partial charge in [0.15, 0.2) is 0 Å². The second-order valence-corrected chi connectivity index (χ2v) is 8.94. The first-order valence-corrected chi connectivity index (χ1v) is 11.1. The van der Waals surface area contributed by atoms with E-state index in [1.165, 1.54) is 31.3 Å². The molecule has 0 saturated carbocycles. The highest BCUT2D eigenvalue weighted by Crippen LogP contribution is 2.25. The average molecular weight is 459 g/mol. The first-order valence-electron chi connectivity index (χ1n) is 8.83. The van der Waals surface area contributed by atoms with Crippen LogP contribution >= 0.6 is 23.2 Å². The molecule has 2 N–H and O–H groups in total. The fourth-order valence-corrected chi connectivity index (χ4v) is 4.28. The van der Waals surface area contributed by atoms with Crippen molar-refractivity contribution in [3.05, 3.63) is 46.6 Å². The molecule has 1 aromatic carbocycles. The van der Waals surface area contributed by atoms with E-state index < -0.39 is 22.0 Å². The molecule has 1 unspecified atom stereocenters. The number of benzene rings is 1. The van der Waals surface area contributed by atoms with Gasteiger partial charge in [-0.2, -0.15) is 4.72 Å². The van der Waals surface area contributed by atoms with Crippen LogP contribution in [0.2, 0.25) is 10.0 Å². The molecule has 2 aromatic rings. The topological polar surface area (TPSA) is 101 Å². The van der Waals surface area contributed by atoms with E-state index in [0.717, 1.165) is 18.9 Å². The van der Waals surface area contributed by atoms with Crippen molar-refractivity contribution in [2.45, 2.75) is 17.9 Å². The number of amides is 1. The first kappa shape index (κ1) is 21.8. The number of ether oxygens (including phenoxy) is 1. The molecule has 1 atom stereocenters. The van der Waals surface area contributed by atoms with Crippen molar-refractivity contribution >= 4 is 50.6 Å². The van der Waals surface area contributed by atoms with Crippen LogP contribution < -0.4 is 14.9 Å². The van der Waals surface area contributed by atoms with Crippen molar-refractivity contribution < 1.29 is 17.9 Å². The molecule has 1 amide bonds. The third-order valence-electron chi connectivity index (χ3n) is 4.28. The predicted octanol–water partition coefficient (Wildman–Crippen LogP) is 2.53. The lowest BCUT2D eigenvalue weighted by molar-refractivity contribution is -0.117. The molecule has 1 saturated heterocycles. The van der Waals surface area contributed by atoms with Crippen LogP contribution in [0, 0.1) is 0 Å². The number of morpholine rings is 1. The van der Waals surface area contributed by atoms with E-state index in [9.17, 15) is 13.2 Å². The SMILES string of the molecule is CC(NS(=O)(=O)c1ccc(Cl)c(Cl)c1)C(=O)Nc1ccc(N2CCOCC2)nc1. The summed E-state index contributed by atoms with van der Waals surface area (Å²) in [6, 6.07) is 6.42. The van der Waals surface area contributed by atoms with E-state index in [0.29, 0.717) is 18.9 Å². The van der Waals surface area contributed by atoms with Gasteiger partial charge in [0.05, 0.1) is 46.1 Å². The van der Waals surface area contributed by atoms with Crippen LogP contribution in [0.15, 0.2) is 41.4 Å². The van der Waals surface area contributed by atoms with Gasteiger partial charge in [-0.3, -0.25) is 4.79 Å². The van der Waals surface area contributed by atoms with Gasteiger partial charge in [-0.25, -0.2) is 13.4 Å². The van der Waals surface area contributed by atoms with Gasteiger partial charge in [-0.1, -0.05) is 23.2 Å². The van der Waals surface area contributed by atoms with Crippen LogP contribution in [0.4, 0.5) is 11.5 Å². The van der Waals surface area contributed by atoms with Crippen molar-refractivity contribution in [1.29, 1.82) is 0 Å². The summed E-state index contributed by atoms with van der Waals surface area (Å²) in [5.74, 6) is 0.272. The van der Waals surface area contributed by atoms with E-state index in [4.69, 9.17) is 27.9 Å². The summed E-state index contributed by atoms with van der Waals surface area (Å²) < 4.78 is 32.6. The number of sulfonamides is 1. The average Bonchev–Trinajstić information content (AvgIpc) is 2.71. The summed E-state index contributed by atoms with van der Waals surface area (Å²) in [5.41, 5.74) is 0.465. The largest absolute Gasteiger partial charge is 0.378 e. The van der Waals surface area contributed by atoms with Gasteiger partial charge in [0.2, 0.25) is 15.9 Å². The number of halogens is 2. The minimum absolute atomic E-state index is 0.0805. The number of nitrogens with zero attached hydrogens (tertiary/aromatic N) is 2. The molecule has 29 heavy (non-hydrogen) atoms. The number of hydrogen-bond donors (Lipinski definition) is 2. The van der Waals surface area contributed by atoms with Crippen LogP contribution in [0.25, 0.3) is 0 Å². The maximum atomic E-state index is 12.5. The van der Waals surface area contributed by atoms with Crippen molar-refractivity contribution in [1.82, 2.24) is 9.71 Å². The van der Waals surface area contributed by atoms with E-state index in [2.05, 4.69) is 19.9 Å². The Kier molecular flexibility index (Phi) is 6.97. The maximum absolute atomic E-state index is 12.5. The highest BCUT2D eigenvalue weighted by Gasteiger charge is 2.23. The number of hydrogen-bond acceptors (Lipinski definition) is 6. The van der Waals surface area contributed by atoms with Crippen LogP contribution in [-0.2, 0) is 19.6 Å². The Bertz CT molecular complexity index is 980. The normalized spacial score (nSPS) is 15.8. The van der Waals surface area contributed by atoms with E-state index in [1.54, 1.807) is 12.1 Å². The summed E-state index contributed by atoms with van der Waals surface area (Å²) in [6.45, 7) is 4.26. The summed E-state index contributed by atoms with van der Waals surface area (Å²) in [4.78, 5) is 18.7. The number of anilines is 2. The fraction of sp³-hybridized carbons (Fsp3) is 0.333. The van der Waals surface area contributed by atoms with Crippen molar-refractivity contribution in [2.75, 3.05) is 36.5 Å². The Morgan fingerprint density at radius 2 is 1.90 bits per heavy atom. The molecule has 1 fully saturated rings. The van der Waals surface area contributed by atoms with Gasteiger partial charge in [0.25, 0.3) is 0 Å². The zero-order valence-corrected chi connectivity index (χ0v) is 17.9. The van der Waals surface area contributed by atoms with Crippen molar-refractivity contribution in [3.63, 3.8) is 0 Å². The van der Waals surface area contributed by atoms with Gasteiger partial charge in [-0.15, -0.1) is 0 Å². The van der Waals surface area contributed by atoms with E-state index in [-0.39, 0.29) is 14.9 Å². The molecule has 156 valence electrons. The van der Waals surface area contributed by atoms with Crippen molar-refractivity contribution in [2.24, 2.45) is 0 Å². The molecule has 0 spiro atoms. The van der Waals surface area contributed by atoms with Gasteiger partial charge >= 0.3 is 0 Å². The minimum atomic E-state index is -3.95. The Hall–Kier alpha value is -1.91. The molecule has 1 aliphatic rings. The minimum Gasteiger partial charge on any atom is -0.378 e. The number of rotatable bonds is 6. The lowest BCUT2D eigenvalue weighted by Gasteiger charge is -2.27. The molecular weight excluding hydrogens is 439 g/mol. The van der Waals surface area contributed by atoms with Crippen LogP contribution in [0.5, 0.6) is 0 Å². The van der Waals surface area contributed by atoms with Crippen LogP contribution in [0.3, 0.4) is 0 Å². The number of pyridine rings is 1. The lowest BCUT2D eigenvalue weighted by atomic mass is 10.3. The smallest absolute Gasteiger partial charge is 0.242 e. The monoisotopic (exact) mass is 458 g/mol. The van der Waals surface area contributed by atoms with Gasteiger partial charge in [0, 0.05) is 13.1 Å². The molecule has 0 aliphatic carbocycles. The second-order valence-electron chi connectivity index (χ2n) is 6.41. The summed E-state index contributed by atoms with van der Waals surface area (Å²) in [5, 5.41) is 3.00. The summed E-state index contributed by atoms with van der Waals surface area (Å²) in [6.07, 6.45) is 1.53. The highest BCUT2D eigenvalue weighted by molar-refractivity contribution is 7.89. The molecular formula is C18H20Cl2N4O4S. The maximum Gasteiger partial charge on any atom is 0.242 e. The number of aromatic nitrogens is 1. The molecule has 1 aliphatic heterocycles. The van der Waals surface area contributed by atoms with Crippen LogP contribution in [-0.4, -0.2) is 51.7 Å². The van der Waals surface area contributed by atoms with E-state index in [1.807, 2.05) is 0 Å². The second kappa shape index (κ2) is 9.27. The Morgan fingerprint density at radius 1 is 1.17 bits per heavy atom. The predicted molar refractivity (Wildman–Crippen MR) is 112 cm³/mol. The number of carbonyl (C=O) groups excluding carboxylic acids is 1. The highest BCUT2D eigenvalue weighted by atomic mass is 35.5. The first-order chi connectivity index (χ1) is 13.8. The van der Waals surface area contributed by atoms with Gasteiger partial charge in [0.1, 0.15) is 5.82 Å². The third kappa shape index (κ3) is 5.58. The number of nitrogens with one attached hydrogen (secondary N) is 2. The quantitative estimate of drug-likeness (QED) is 0.689. The molecule has 0 bridgehead atoms. The molecule has 0 radical (unpaired) electrons.